The van der Waals surface area contributed by atoms with Gasteiger partial charge in [-0.2, -0.15) is 0 Å². The Balaban J connectivity index is 2.44. The van der Waals surface area contributed by atoms with Gasteiger partial charge in [0.1, 0.15) is 11.9 Å². The fraction of sp³-hybridized carbons (Fsp3) is 0.529. The van der Waals surface area contributed by atoms with Crippen LogP contribution in [-0.2, 0) is 0 Å². The van der Waals surface area contributed by atoms with E-state index in [0.717, 1.165) is 24.9 Å². The highest BCUT2D eigenvalue weighted by molar-refractivity contribution is 6.34. The van der Waals surface area contributed by atoms with E-state index in [1.54, 1.807) is 6.07 Å². The molecule has 0 aliphatic carbocycles. The first-order valence-electron chi connectivity index (χ1n) is 7.59. The molecule has 0 saturated carbocycles. The quantitative estimate of drug-likeness (QED) is 0.845. The number of rotatable bonds is 6. The lowest BCUT2D eigenvalue weighted by Crippen LogP contribution is -2.50. The summed E-state index contributed by atoms with van der Waals surface area (Å²) in [6.07, 6.45) is 0.145. The number of hydrogen-bond acceptors (Lipinski definition) is 3. The fourth-order valence-corrected chi connectivity index (χ4v) is 3.24. The molecule has 2 rings (SSSR count). The van der Waals surface area contributed by atoms with E-state index in [1.165, 1.54) is 0 Å². The molecule has 2 atom stereocenters. The number of nitrogens with zero attached hydrogens (tertiary/aromatic N) is 1. The molecular weight excluding hydrogens is 286 g/mol. The number of para-hydroxylation sites is 1. The van der Waals surface area contributed by atoms with Gasteiger partial charge in [0.2, 0.25) is 0 Å². The Bertz CT molecular complexity index is 606. The van der Waals surface area contributed by atoms with Crippen molar-refractivity contribution in [3.8, 4) is 0 Å². The first kappa shape index (κ1) is 16.3. The largest absolute Gasteiger partial charge is 0.457 e. The zero-order valence-electron chi connectivity index (χ0n) is 13.2. The summed E-state index contributed by atoms with van der Waals surface area (Å²) < 4.78 is 5.84. The first-order valence-corrected chi connectivity index (χ1v) is 7.96. The second-order valence-corrected chi connectivity index (χ2v) is 6.00. The van der Waals surface area contributed by atoms with Crippen molar-refractivity contribution in [3.05, 3.63) is 35.0 Å². The molecule has 2 unspecified atom stereocenters. The lowest BCUT2D eigenvalue weighted by molar-refractivity contribution is -0.0314. The lowest BCUT2D eigenvalue weighted by atomic mass is 9.87. The maximum absolute atomic E-state index is 10.9. The molecule has 0 fully saturated rings. The summed E-state index contributed by atoms with van der Waals surface area (Å²) in [4.78, 5) is 2.27. The van der Waals surface area contributed by atoms with Gasteiger partial charge in [-0.3, -0.25) is 4.90 Å². The molecule has 0 aliphatic heterocycles. The highest BCUT2D eigenvalue weighted by Crippen LogP contribution is 2.37. The van der Waals surface area contributed by atoms with Crippen LogP contribution >= 0.6 is 11.6 Å². The van der Waals surface area contributed by atoms with E-state index in [2.05, 4.69) is 32.6 Å². The van der Waals surface area contributed by atoms with Crippen LogP contribution in [0.25, 0.3) is 11.0 Å². The van der Waals surface area contributed by atoms with Gasteiger partial charge in [-0.1, -0.05) is 44.5 Å². The van der Waals surface area contributed by atoms with Crippen LogP contribution in [0.5, 0.6) is 0 Å². The third-order valence-corrected chi connectivity index (χ3v) is 4.87. The molecule has 0 saturated heterocycles. The smallest absolute Gasteiger partial charge is 0.152 e. The number of benzene rings is 1. The number of hydrogen-bond donors (Lipinski definition) is 1. The molecule has 0 radical (unpaired) electrons. The van der Waals surface area contributed by atoms with E-state index < -0.39 is 6.10 Å². The molecule has 0 bridgehead atoms. The molecular formula is C17H24ClNO2. The van der Waals surface area contributed by atoms with E-state index in [9.17, 15) is 5.11 Å². The van der Waals surface area contributed by atoms with Crippen LogP contribution in [-0.4, -0.2) is 28.6 Å². The summed E-state index contributed by atoms with van der Waals surface area (Å²) in [5, 5.41) is 12.4. The maximum atomic E-state index is 10.9. The molecule has 2 aromatic rings. The normalized spacial score (nSPS) is 16.3. The van der Waals surface area contributed by atoms with Gasteiger partial charge in [-0.05, 0) is 38.6 Å². The SMILES string of the molecule is CCN(CC)C(C)(CC)C(O)c1cc2cccc(Cl)c2o1. The van der Waals surface area contributed by atoms with Crippen molar-refractivity contribution in [2.45, 2.75) is 45.8 Å². The Hall–Kier alpha value is -1.03. The molecule has 1 heterocycles. The Labute approximate surface area is 131 Å². The van der Waals surface area contributed by atoms with Gasteiger partial charge in [0, 0.05) is 5.39 Å². The van der Waals surface area contributed by atoms with Crippen molar-refractivity contribution in [2.75, 3.05) is 13.1 Å². The fourth-order valence-electron chi connectivity index (χ4n) is 3.02. The van der Waals surface area contributed by atoms with Gasteiger partial charge in [-0.25, -0.2) is 0 Å². The number of fused-ring (bicyclic) bond motifs is 1. The summed E-state index contributed by atoms with van der Waals surface area (Å²) in [5.74, 6) is 0.578. The molecule has 4 heteroatoms. The summed E-state index contributed by atoms with van der Waals surface area (Å²) in [6.45, 7) is 10.2. The van der Waals surface area contributed by atoms with E-state index in [4.69, 9.17) is 16.0 Å². The average molecular weight is 310 g/mol. The van der Waals surface area contributed by atoms with Crippen molar-refractivity contribution in [3.63, 3.8) is 0 Å². The topological polar surface area (TPSA) is 36.6 Å². The standard InChI is InChI=1S/C17H24ClNO2/c1-5-17(4,19(6-2)7-3)16(20)14-11-12-9-8-10-13(18)15(12)21-14/h8-11,16,20H,5-7H2,1-4H3. The molecule has 0 aliphatic rings. The van der Waals surface area contributed by atoms with Gasteiger partial charge >= 0.3 is 0 Å². The molecule has 1 aromatic heterocycles. The molecule has 1 N–H and O–H groups in total. The Morgan fingerprint density at radius 1 is 1.29 bits per heavy atom. The van der Waals surface area contributed by atoms with E-state index >= 15 is 0 Å². The minimum atomic E-state index is -0.689. The van der Waals surface area contributed by atoms with Gasteiger partial charge in [-0.15, -0.1) is 0 Å². The van der Waals surface area contributed by atoms with Crippen molar-refractivity contribution < 1.29 is 9.52 Å². The van der Waals surface area contributed by atoms with E-state index in [0.29, 0.717) is 16.4 Å². The van der Waals surface area contributed by atoms with Crippen LogP contribution < -0.4 is 0 Å². The van der Waals surface area contributed by atoms with Gasteiger partial charge in [0.05, 0.1) is 10.6 Å². The van der Waals surface area contributed by atoms with Crippen LogP contribution in [0.4, 0.5) is 0 Å². The highest BCUT2D eigenvalue weighted by Gasteiger charge is 2.38. The zero-order chi connectivity index (χ0) is 15.6. The summed E-state index contributed by atoms with van der Waals surface area (Å²) in [5.41, 5.74) is 0.287. The predicted molar refractivity (Wildman–Crippen MR) is 87.8 cm³/mol. The molecule has 1 aromatic carbocycles. The van der Waals surface area contributed by atoms with Crippen LogP contribution in [0.1, 0.15) is 46.0 Å². The minimum absolute atomic E-state index is 0.357. The molecule has 3 nitrogen and oxygen atoms in total. The summed E-state index contributed by atoms with van der Waals surface area (Å²) in [6, 6.07) is 7.53. The van der Waals surface area contributed by atoms with Crippen LogP contribution in [0.15, 0.2) is 28.7 Å². The second-order valence-electron chi connectivity index (χ2n) is 5.59. The van der Waals surface area contributed by atoms with Gasteiger partial charge in [0.25, 0.3) is 0 Å². The number of halogens is 1. The van der Waals surface area contributed by atoms with Crippen molar-refractivity contribution in [1.82, 2.24) is 4.90 Å². The average Bonchev–Trinajstić information content (AvgIpc) is 2.92. The third kappa shape index (κ3) is 2.83. The Kier molecular flexibility index (Phi) is 4.97. The number of likely N-dealkylation sites (N-methyl/N-ethyl adjacent to an activating group) is 1. The Morgan fingerprint density at radius 2 is 1.95 bits per heavy atom. The zero-order valence-corrected chi connectivity index (χ0v) is 13.9. The molecule has 0 amide bonds. The van der Waals surface area contributed by atoms with Gasteiger partial charge in [0.15, 0.2) is 5.58 Å². The minimum Gasteiger partial charge on any atom is -0.457 e. The number of aliphatic hydroxyl groups is 1. The summed E-state index contributed by atoms with van der Waals surface area (Å²) >= 11 is 6.15. The Morgan fingerprint density at radius 3 is 2.48 bits per heavy atom. The molecule has 116 valence electrons. The molecule has 21 heavy (non-hydrogen) atoms. The van der Waals surface area contributed by atoms with E-state index in [1.807, 2.05) is 18.2 Å². The summed E-state index contributed by atoms with van der Waals surface area (Å²) in [7, 11) is 0. The molecule has 0 spiro atoms. The van der Waals surface area contributed by atoms with Crippen molar-refractivity contribution in [2.24, 2.45) is 0 Å². The second kappa shape index (κ2) is 6.39. The van der Waals surface area contributed by atoms with Crippen molar-refractivity contribution in [1.29, 1.82) is 0 Å². The maximum Gasteiger partial charge on any atom is 0.152 e. The number of furan rings is 1. The van der Waals surface area contributed by atoms with Crippen LogP contribution in [0.3, 0.4) is 0 Å². The number of aliphatic hydroxyl groups excluding tert-OH is 1. The van der Waals surface area contributed by atoms with E-state index in [-0.39, 0.29) is 5.54 Å². The highest BCUT2D eigenvalue weighted by atomic mass is 35.5. The van der Waals surface area contributed by atoms with Crippen molar-refractivity contribution >= 4 is 22.6 Å². The third-order valence-electron chi connectivity index (χ3n) is 4.58. The monoisotopic (exact) mass is 309 g/mol. The van der Waals surface area contributed by atoms with Crippen LogP contribution in [0.2, 0.25) is 5.02 Å². The first-order chi connectivity index (χ1) is 9.97. The predicted octanol–water partition coefficient (Wildman–Crippen LogP) is 4.63. The van der Waals surface area contributed by atoms with Crippen LogP contribution in [0, 0.1) is 0 Å². The lowest BCUT2D eigenvalue weighted by Gasteiger charge is -2.42. The van der Waals surface area contributed by atoms with Gasteiger partial charge < -0.3 is 9.52 Å².